The predicted octanol–water partition coefficient (Wildman–Crippen LogP) is 3.55. The Morgan fingerprint density at radius 1 is 1.14 bits per heavy atom. The number of carboxylic acid groups (broad SMARTS) is 1. The first kappa shape index (κ1) is 15.9. The number of aryl methyl sites for hydroxylation is 1. The molecule has 1 unspecified atom stereocenters. The van der Waals surface area contributed by atoms with Crippen LogP contribution in [0.15, 0.2) is 42.5 Å². The van der Waals surface area contributed by atoms with Crippen molar-refractivity contribution >= 4 is 23.5 Å². The molecule has 1 amide bonds. The minimum absolute atomic E-state index is 0.0256. The Labute approximate surface area is 132 Å². The van der Waals surface area contributed by atoms with Gasteiger partial charge in [0, 0.05) is 10.6 Å². The van der Waals surface area contributed by atoms with Crippen LogP contribution in [0.3, 0.4) is 0 Å². The molecule has 22 heavy (non-hydrogen) atoms. The highest BCUT2D eigenvalue weighted by Gasteiger charge is 2.24. The van der Waals surface area contributed by atoms with Gasteiger partial charge in [-0.25, -0.2) is 4.79 Å². The fraction of sp³-hybridized carbons (Fsp3) is 0.125. The minimum atomic E-state index is -1.31. The lowest BCUT2D eigenvalue weighted by Gasteiger charge is -2.17. The molecule has 6 heteroatoms. The molecule has 0 aliphatic heterocycles. The Morgan fingerprint density at radius 2 is 1.77 bits per heavy atom. The van der Waals surface area contributed by atoms with E-state index in [2.05, 4.69) is 5.32 Å². The molecule has 114 valence electrons. The van der Waals surface area contributed by atoms with Crippen LogP contribution in [0.4, 0.5) is 4.79 Å². The zero-order valence-corrected chi connectivity index (χ0v) is 12.5. The van der Waals surface area contributed by atoms with E-state index in [9.17, 15) is 14.7 Å². The van der Waals surface area contributed by atoms with Crippen molar-refractivity contribution in [1.82, 2.24) is 5.32 Å². The maximum atomic E-state index is 12.5. The van der Waals surface area contributed by atoms with Crippen LogP contribution < -0.4 is 5.32 Å². The number of halogens is 1. The second kappa shape index (κ2) is 6.49. The van der Waals surface area contributed by atoms with Crippen LogP contribution in [0.25, 0.3) is 0 Å². The Balaban J connectivity index is 2.40. The third-order valence-electron chi connectivity index (χ3n) is 3.21. The maximum absolute atomic E-state index is 12.5. The van der Waals surface area contributed by atoms with Gasteiger partial charge in [-0.2, -0.15) is 0 Å². The number of phenols is 1. The number of carbonyl (C=O) groups excluding carboxylic acids is 1. The average Bonchev–Trinajstić information content (AvgIpc) is 2.48. The van der Waals surface area contributed by atoms with Gasteiger partial charge < -0.3 is 15.5 Å². The van der Waals surface area contributed by atoms with E-state index in [4.69, 9.17) is 16.7 Å². The molecule has 0 spiro atoms. The van der Waals surface area contributed by atoms with Crippen LogP contribution in [0.2, 0.25) is 5.02 Å². The van der Waals surface area contributed by atoms with E-state index in [1.807, 2.05) is 6.92 Å². The van der Waals surface area contributed by atoms with Crippen molar-refractivity contribution in [3.63, 3.8) is 0 Å². The lowest BCUT2D eigenvalue weighted by atomic mass is 9.96. The molecule has 0 saturated carbocycles. The van der Waals surface area contributed by atoms with E-state index in [0.29, 0.717) is 10.6 Å². The molecular weight excluding hydrogens is 306 g/mol. The van der Waals surface area contributed by atoms with Gasteiger partial charge in [-0.1, -0.05) is 23.7 Å². The fourth-order valence-corrected chi connectivity index (χ4v) is 2.19. The maximum Gasteiger partial charge on any atom is 0.405 e. The van der Waals surface area contributed by atoms with Crippen molar-refractivity contribution in [2.75, 3.05) is 0 Å². The van der Waals surface area contributed by atoms with Crippen LogP contribution >= 0.6 is 11.6 Å². The molecule has 0 aliphatic carbocycles. The van der Waals surface area contributed by atoms with Gasteiger partial charge in [0.1, 0.15) is 11.8 Å². The van der Waals surface area contributed by atoms with E-state index in [1.54, 1.807) is 18.2 Å². The summed E-state index contributed by atoms with van der Waals surface area (Å²) in [7, 11) is 0. The van der Waals surface area contributed by atoms with Crippen molar-refractivity contribution in [2.24, 2.45) is 0 Å². The van der Waals surface area contributed by atoms with E-state index in [1.165, 1.54) is 24.3 Å². The summed E-state index contributed by atoms with van der Waals surface area (Å²) in [5.74, 6) is -0.403. The summed E-state index contributed by atoms with van der Waals surface area (Å²) in [6, 6.07) is 9.47. The van der Waals surface area contributed by atoms with Crippen molar-refractivity contribution in [3.05, 3.63) is 64.2 Å². The summed E-state index contributed by atoms with van der Waals surface area (Å²) < 4.78 is 0. The topological polar surface area (TPSA) is 86.6 Å². The highest BCUT2D eigenvalue weighted by Crippen LogP contribution is 2.25. The molecule has 0 saturated heterocycles. The molecule has 2 aromatic rings. The minimum Gasteiger partial charge on any atom is -0.508 e. The lowest BCUT2D eigenvalue weighted by molar-refractivity contribution is 0.0936. The van der Waals surface area contributed by atoms with Crippen LogP contribution in [-0.4, -0.2) is 22.1 Å². The number of carbonyl (C=O) groups is 2. The number of phenolic OH excluding ortho intramolecular Hbond substituents is 1. The second-order valence-corrected chi connectivity index (χ2v) is 5.21. The third-order valence-corrected chi connectivity index (χ3v) is 3.62. The highest BCUT2D eigenvalue weighted by molar-refractivity contribution is 6.31. The van der Waals surface area contributed by atoms with Gasteiger partial charge >= 0.3 is 6.09 Å². The highest BCUT2D eigenvalue weighted by atomic mass is 35.5. The van der Waals surface area contributed by atoms with Gasteiger partial charge in [0.2, 0.25) is 0 Å². The second-order valence-electron chi connectivity index (χ2n) is 4.80. The van der Waals surface area contributed by atoms with Gasteiger partial charge in [0.05, 0.1) is 0 Å². The Bertz CT molecular complexity index is 713. The third kappa shape index (κ3) is 3.56. The van der Waals surface area contributed by atoms with E-state index in [-0.39, 0.29) is 11.3 Å². The molecule has 5 nitrogen and oxygen atoms in total. The lowest BCUT2D eigenvalue weighted by Crippen LogP contribution is -2.32. The predicted molar refractivity (Wildman–Crippen MR) is 82.5 cm³/mol. The molecule has 2 rings (SSSR count). The zero-order chi connectivity index (χ0) is 16.3. The van der Waals surface area contributed by atoms with Crippen LogP contribution in [0.5, 0.6) is 5.75 Å². The van der Waals surface area contributed by atoms with Crippen molar-refractivity contribution < 1.29 is 19.8 Å². The molecule has 0 radical (unpaired) electrons. The van der Waals surface area contributed by atoms with Gasteiger partial charge in [0.15, 0.2) is 5.78 Å². The first-order chi connectivity index (χ1) is 10.4. The molecule has 0 bridgehead atoms. The summed E-state index contributed by atoms with van der Waals surface area (Å²) in [4.78, 5) is 23.5. The first-order valence-electron chi connectivity index (χ1n) is 6.47. The first-order valence-corrected chi connectivity index (χ1v) is 6.85. The molecule has 0 fully saturated rings. The molecule has 2 aromatic carbocycles. The average molecular weight is 320 g/mol. The number of ketones is 1. The van der Waals surface area contributed by atoms with E-state index < -0.39 is 17.9 Å². The number of rotatable bonds is 4. The number of benzene rings is 2. The molecule has 3 N–H and O–H groups in total. The summed E-state index contributed by atoms with van der Waals surface area (Å²) in [6.07, 6.45) is -1.31. The number of nitrogens with one attached hydrogen (secondary N) is 1. The molecular formula is C16H14ClNO4. The standard InChI is InChI=1S/C16H14ClNO4/c1-9-2-3-11(8-13(9)17)14(18-16(21)22)15(20)10-4-6-12(19)7-5-10/h2-8,14,18-19H,1H3,(H,21,22). The monoisotopic (exact) mass is 319 g/mol. The van der Waals surface area contributed by atoms with Gasteiger partial charge in [-0.3, -0.25) is 4.79 Å². The number of amides is 1. The van der Waals surface area contributed by atoms with Crippen molar-refractivity contribution in [1.29, 1.82) is 0 Å². The summed E-state index contributed by atoms with van der Waals surface area (Å²) in [5, 5.41) is 20.9. The van der Waals surface area contributed by atoms with E-state index in [0.717, 1.165) is 5.56 Å². The number of Topliss-reactive ketones (excluding diaryl/α,β-unsaturated/α-hetero) is 1. The number of hydrogen-bond donors (Lipinski definition) is 3. The smallest absolute Gasteiger partial charge is 0.405 e. The van der Waals surface area contributed by atoms with Gasteiger partial charge in [-0.05, 0) is 48.4 Å². The van der Waals surface area contributed by atoms with E-state index >= 15 is 0 Å². The summed E-state index contributed by atoms with van der Waals surface area (Å²) >= 11 is 6.05. The Kier molecular flexibility index (Phi) is 4.68. The van der Waals surface area contributed by atoms with Crippen LogP contribution in [-0.2, 0) is 0 Å². The normalized spacial score (nSPS) is 11.7. The van der Waals surface area contributed by atoms with Crippen molar-refractivity contribution in [3.8, 4) is 5.75 Å². The SMILES string of the molecule is Cc1ccc(C(NC(=O)O)C(=O)c2ccc(O)cc2)cc1Cl. The molecule has 0 heterocycles. The summed E-state index contributed by atoms with van der Waals surface area (Å²) in [6.45, 7) is 1.81. The number of hydrogen-bond acceptors (Lipinski definition) is 3. The van der Waals surface area contributed by atoms with Gasteiger partial charge in [0.25, 0.3) is 0 Å². The van der Waals surface area contributed by atoms with Crippen molar-refractivity contribution in [2.45, 2.75) is 13.0 Å². The Hall–Kier alpha value is -2.53. The molecule has 0 aromatic heterocycles. The fourth-order valence-electron chi connectivity index (χ4n) is 2.00. The van der Waals surface area contributed by atoms with Gasteiger partial charge in [-0.15, -0.1) is 0 Å². The summed E-state index contributed by atoms with van der Waals surface area (Å²) in [5.41, 5.74) is 1.57. The quantitative estimate of drug-likeness (QED) is 0.752. The Morgan fingerprint density at radius 3 is 2.32 bits per heavy atom. The molecule has 1 atom stereocenters. The van der Waals surface area contributed by atoms with Crippen LogP contribution in [0.1, 0.15) is 27.5 Å². The molecule has 0 aliphatic rings. The van der Waals surface area contributed by atoms with Crippen LogP contribution in [0, 0.1) is 6.92 Å². The number of aromatic hydroxyl groups is 1. The zero-order valence-electron chi connectivity index (χ0n) is 11.7. The largest absolute Gasteiger partial charge is 0.508 e.